The van der Waals surface area contributed by atoms with Crippen molar-refractivity contribution in [3.8, 4) is 0 Å². The molecular weight excluding hydrogens is 209 g/mol. The molecule has 1 aromatic rings. The fourth-order valence-electron chi connectivity index (χ4n) is 1.40. The van der Waals surface area contributed by atoms with Gasteiger partial charge in [-0.2, -0.15) is 0 Å². The number of carbonyl (C=O) groups is 1. The molecule has 1 rings (SSSR count). The number of benzene rings is 1. The molecule has 0 saturated heterocycles. The van der Waals surface area contributed by atoms with E-state index < -0.39 is 11.9 Å². The van der Waals surface area contributed by atoms with Crippen LogP contribution in [-0.4, -0.2) is 25.0 Å². The van der Waals surface area contributed by atoms with E-state index in [4.69, 9.17) is 11.5 Å². The van der Waals surface area contributed by atoms with E-state index in [0.29, 0.717) is 13.1 Å². The summed E-state index contributed by atoms with van der Waals surface area (Å²) >= 11 is 0. The third-order valence-electron chi connectivity index (χ3n) is 2.36. The van der Waals surface area contributed by atoms with Crippen LogP contribution in [0.2, 0.25) is 0 Å². The summed E-state index contributed by atoms with van der Waals surface area (Å²) in [5, 5.41) is 0. The van der Waals surface area contributed by atoms with Crippen LogP contribution in [0.5, 0.6) is 0 Å². The van der Waals surface area contributed by atoms with Crippen molar-refractivity contribution < 1.29 is 9.18 Å². The normalized spacial score (nSPS) is 12.2. The van der Waals surface area contributed by atoms with Crippen LogP contribution in [0.4, 0.5) is 10.1 Å². The van der Waals surface area contributed by atoms with Crippen molar-refractivity contribution in [3.05, 3.63) is 30.1 Å². The van der Waals surface area contributed by atoms with Gasteiger partial charge in [0.05, 0.1) is 0 Å². The summed E-state index contributed by atoms with van der Waals surface area (Å²) in [5.41, 5.74) is 11.5. The van der Waals surface area contributed by atoms with Gasteiger partial charge in [-0.25, -0.2) is 4.39 Å². The molecule has 0 fully saturated rings. The Morgan fingerprint density at radius 1 is 1.44 bits per heavy atom. The lowest BCUT2D eigenvalue weighted by Crippen LogP contribution is -2.46. The number of primary amides is 1. The molecule has 88 valence electrons. The first-order chi connectivity index (χ1) is 7.54. The highest BCUT2D eigenvalue weighted by Gasteiger charge is 2.14. The van der Waals surface area contributed by atoms with Crippen LogP contribution in [0.25, 0.3) is 0 Å². The van der Waals surface area contributed by atoms with Gasteiger partial charge in [-0.05, 0) is 31.2 Å². The summed E-state index contributed by atoms with van der Waals surface area (Å²) in [6.45, 7) is 2.93. The van der Waals surface area contributed by atoms with Gasteiger partial charge in [-0.3, -0.25) is 4.79 Å². The number of amides is 1. The number of rotatable bonds is 5. The largest absolute Gasteiger partial charge is 0.370 e. The lowest BCUT2D eigenvalue weighted by molar-refractivity contribution is -0.119. The average molecular weight is 225 g/mol. The first kappa shape index (κ1) is 12.4. The van der Waals surface area contributed by atoms with Crippen molar-refractivity contribution in [1.82, 2.24) is 0 Å². The zero-order chi connectivity index (χ0) is 12.1. The van der Waals surface area contributed by atoms with Crippen LogP contribution in [0, 0.1) is 5.82 Å². The molecular formula is C11H16FN3O. The Balaban J connectivity index is 2.74. The molecule has 1 amide bonds. The Hall–Kier alpha value is -1.62. The van der Waals surface area contributed by atoms with Gasteiger partial charge in [0, 0.05) is 18.8 Å². The molecule has 0 heterocycles. The number of halogens is 1. The van der Waals surface area contributed by atoms with Gasteiger partial charge in [-0.1, -0.05) is 0 Å². The van der Waals surface area contributed by atoms with Gasteiger partial charge in [0.15, 0.2) is 0 Å². The quantitative estimate of drug-likeness (QED) is 0.765. The number of nitrogens with zero attached hydrogens (tertiary/aromatic N) is 1. The zero-order valence-corrected chi connectivity index (χ0v) is 9.19. The minimum atomic E-state index is -0.718. The van der Waals surface area contributed by atoms with Crippen molar-refractivity contribution in [2.24, 2.45) is 11.5 Å². The molecule has 5 heteroatoms. The first-order valence-electron chi connectivity index (χ1n) is 5.10. The lowest BCUT2D eigenvalue weighted by Gasteiger charge is -2.25. The van der Waals surface area contributed by atoms with Crippen molar-refractivity contribution in [2.75, 3.05) is 18.0 Å². The molecule has 1 atom stereocenters. The Labute approximate surface area is 94.0 Å². The zero-order valence-electron chi connectivity index (χ0n) is 9.19. The van der Waals surface area contributed by atoms with Crippen LogP contribution in [0.15, 0.2) is 24.3 Å². The molecule has 0 saturated carbocycles. The van der Waals surface area contributed by atoms with E-state index in [2.05, 4.69) is 0 Å². The lowest BCUT2D eigenvalue weighted by atomic mass is 10.2. The number of anilines is 1. The smallest absolute Gasteiger partial charge is 0.236 e. The predicted molar refractivity (Wildman–Crippen MR) is 61.5 cm³/mol. The highest BCUT2D eigenvalue weighted by atomic mass is 19.1. The molecule has 0 aliphatic carbocycles. The van der Waals surface area contributed by atoms with Gasteiger partial charge >= 0.3 is 0 Å². The summed E-state index contributed by atoms with van der Waals surface area (Å²) in [4.78, 5) is 12.7. The summed E-state index contributed by atoms with van der Waals surface area (Å²) in [6, 6.07) is 5.31. The van der Waals surface area contributed by atoms with Crippen molar-refractivity contribution >= 4 is 11.6 Å². The van der Waals surface area contributed by atoms with E-state index in [9.17, 15) is 9.18 Å². The molecule has 0 radical (unpaired) electrons. The van der Waals surface area contributed by atoms with Gasteiger partial charge in [-0.15, -0.1) is 0 Å². The molecule has 4 N–H and O–H groups in total. The number of hydrogen-bond donors (Lipinski definition) is 2. The van der Waals surface area contributed by atoms with Crippen LogP contribution >= 0.6 is 0 Å². The fourth-order valence-corrected chi connectivity index (χ4v) is 1.40. The van der Waals surface area contributed by atoms with Gasteiger partial charge in [0.25, 0.3) is 0 Å². The van der Waals surface area contributed by atoms with Gasteiger partial charge < -0.3 is 16.4 Å². The molecule has 0 bridgehead atoms. The maximum atomic E-state index is 12.7. The Bertz CT molecular complexity index is 353. The SMILES string of the molecule is CCN(CC(N)C(N)=O)c1ccc(F)cc1. The second kappa shape index (κ2) is 5.46. The fraction of sp³-hybridized carbons (Fsp3) is 0.364. The number of carbonyl (C=O) groups excluding carboxylic acids is 1. The van der Waals surface area contributed by atoms with Crippen LogP contribution < -0.4 is 16.4 Å². The topological polar surface area (TPSA) is 72.3 Å². The van der Waals surface area contributed by atoms with E-state index in [1.165, 1.54) is 12.1 Å². The highest BCUT2D eigenvalue weighted by Crippen LogP contribution is 2.14. The Morgan fingerprint density at radius 2 is 2.00 bits per heavy atom. The third-order valence-corrected chi connectivity index (χ3v) is 2.36. The minimum Gasteiger partial charge on any atom is -0.370 e. The highest BCUT2D eigenvalue weighted by molar-refractivity contribution is 5.80. The number of hydrogen-bond acceptors (Lipinski definition) is 3. The molecule has 16 heavy (non-hydrogen) atoms. The van der Waals surface area contributed by atoms with E-state index in [-0.39, 0.29) is 5.82 Å². The van der Waals surface area contributed by atoms with E-state index in [1.807, 2.05) is 11.8 Å². The van der Waals surface area contributed by atoms with Gasteiger partial charge in [0.1, 0.15) is 11.9 Å². The first-order valence-corrected chi connectivity index (χ1v) is 5.10. The standard InChI is InChI=1S/C11H16FN3O/c1-2-15(7-10(13)11(14)16)9-5-3-8(12)4-6-9/h3-6,10H,2,7,13H2,1H3,(H2,14,16). The van der Waals surface area contributed by atoms with E-state index in [1.54, 1.807) is 12.1 Å². The number of nitrogens with two attached hydrogens (primary N) is 2. The molecule has 0 aliphatic heterocycles. The third kappa shape index (κ3) is 3.20. The van der Waals surface area contributed by atoms with Crippen LogP contribution in [0.3, 0.4) is 0 Å². The monoisotopic (exact) mass is 225 g/mol. The van der Waals surface area contributed by atoms with Gasteiger partial charge in [0.2, 0.25) is 5.91 Å². The maximum absolute atomic E-state index is 12.7. The second-order valence-electron chi connectivity index (χ2n) is 3.52. The second-order valence-corrected chi connectivity index (χ2v) is 3.52. The van der Waals surface area contributed by atoms with Crippen molar-refractivity contribution in [1.29, 1.82) is 0 Å². The number of likely N-dealkylation sites (N-methyl/N-ethyl adjacent to an activating group) is 1. The maximum Gasteiger partial charge on any atom is 0.236 e. The molecule has 0 aromatic heterocycles. The Kier molecular flexibility index (Phi) is 4.25. The summed E-state index contributed by atoms with van der Waals surface area (Å²) in [7, 11) is 0. The molecule has 1 aromatic carbocycles. The summed E-state index contributed by atoms with van der Waals surface area (Å²) in [6.07, 6.45) is 0. The minimum absolute atomic E-state index is 0.293. The molecule has 0 spiro atoms. The predicted octanol–water partition coefficient (Wildman–Crippen LogP) is 0.465. The van der Waals surface area contributed by atoms with Crippen LogP contribution in [-0.2, 0) is 4.79 Å². The summed E-state index contributed by atoms with van der Waals surface area (Å²) < 4.78 is 12.7. The van der Waals surface area contributed by atoms with E-state index in [0.717, 1.165) is 5.69 Å². The molecule has 4 nitrogen and oxygen atoms in total. The van der Waals surface area contributed by atoms with Crippen LogP contribution in [0.1, 0.15) is 6.92 Å². The summed E-state index contributed by atoms with van der Waals surface area (Å²) in [5.74, 6) is -0.834. The van der Waals surface area contributed by atoms with Crippen molar-refractivity contribution in [3.63, 3.8) is 0 Å². The average Bonchev–Trinajstić information content (AvgIpc) is 2.26. The molecule has 1 unspecified atom stereocenters. The van der Waals surface area contributed by atoms with E-state index >= 15 is 0 Å². The molecule has 0 aliphatic rings. The van der Waals surface area contributed by atoms with Crippen molar-refractivity contribution in [2.45, 2.75) is 13.0 Å². The Morgan fingerprint density at radius 3 is 2.44 bits per heavy atom.